The average molecular weight is 190 g/mol. The number of carbonyl (C=O) groups is 1. The number of hydrogen-bond acceptors (Lipinski definition) is 2. The predicted molar refractivity (Wildman–Crippen MR) is 57.9 cm³/mol. The van der Waals surface area contributed by atoms with Crippen molar-refractivity contribution in [3.05, 3.63) is 42.0 Å². The van der Waals surface area contributed by atoms with Crippen LogP contribution in [0.25, 0.3) is 0 Å². The molecule has 1 aromatic rings. The zero-order chi connectivity index (χ0) is 10.6. The molecule has 0 aliphatic heterocycles. The first kappa shape index (κ1) is 10.5. The van der Waals surface area contributed by atoms with Gasteiger partial charge >= 0.3 is 0 Å². The molecule has 0 atom stereocenters. The molecule has 3 N–H and O–H groups in total. The second kappa shape index (κ2) is 4.58. The number of amides is 1. The van der Waals surface area contributed by atoms with E-state index in [1.54, 1.807) is 0 Å². The Hall–Kier alpha value is -1.61. The van der Waals surface area contributed by atoms with E-state index in [1.807, 2.05) is 25.1 Å². The Labute approximate surface area is 83.6 Å². The molecule has 0 heterocycles. The number of nitrogens with one attached hydrogen (secondary N) is 1. The molecule has 14 heavy (non-hydrogen) atoms. The van der Waals surface area contributed by atoms with Crippen LogP contribution in [0.1, 0.15) is 11.1 Å². The van der Waals surface area contributed by atoms with Gasteiger partial charge in [-0.25, -0.2) is 0 Å². The third-order valence-corrected chi connectivity index (χ3v) is 2.01. The van der Waals surface area contributed by atoms with E-state index in [0.717, 1.165) is 16.8 Å². The quantitative estimate of drug-likeness (QED) is 0.711. The summed E-state index contributed by atoms with van der Waals surface area (Å²) < 4.78 is 0. The maximum atomic E-state index is 11.1. The van der Waals surface area contributed by atoms with Crippen LogP contribution < -0.4 is 11.1 Å². The molecule has 0 aliphatic rings. The van der Waals surface area contributed by atoms with Gasteiger partial charge in [0.1, 0.15) is 0 Å². The number of hydrogen-bond donors (Lipinski definition) is 2. The number of benzene rings is 1. The number of aryl methyl sites for hydroxylation is 1. The summed E-state index contributed by atoms with van der Waals surface area (Å²) in [6.45, 7) is 5.74. The van der Waals surface area contributed by atoms with Crippen LogP contribution in [0.4, 0.5) is 5.69 Å². The van der Waals surface area contributed by atoms with Crippen molar-refractivity contribution < 1.29 is 4.79 Å². The Morgan fingerprint density at radius 1 is 1.64 bits per heavy atom. The van der Waals surface area contributed by atoms with Crippen molar-refractivity contribution in [2.24, 2.45) is 5.73 Å². The first-order valence-electron chi connectivity index (χ1n) is 4.41. The third-order valence-electron chi connectivity index (χ3n) is 2.01. The largest absolute Gasteiger partial charge is 0.326 e. The lowest BCUT2D eigenvalue weighted by Gasteiger charge is -2.11. The van der Waals surface area contributed by atoms with Crippen molar-refractivity contribution >= 4 is 11.6 Å². The molecule has 0 radical (unpaired) electrons. The van der Waals surface area contributed by atoms with E-state index < -0.39 is 0 Å². The van der Waals surface area contributed by atoms with Crippen LogP contribution in [0.15, 0.2) is 30.9 Å². The van der Waals surface area contributed by atoms with Crippen LogP contribution in [0.3, 0.4) is 0 Å². The molecule has 0 aliphatic carbocycles. The van der Waals surface area contributed by atoms with Gasteiger partial charge < -0.3 is 11.1 Å². The molecule has 74 valence electrons. The van der Waals surface area contributed by atoms with E-state index in [2.05, 4.69) is 11.9 Å². The summed E-state index contributed by atoms with van der Waals surface area (Å²) in [5.41, 5.74) is 8.28. The Balaban J connectivity index is 3.04. The van der Waals surface area contributed by atoms with Crippen molar-refractivity contribution in [3.63, 3.8) is 0 Å². The van der Waals surface area contributed by atoms with Gasteiger partial charge in [0.05, 0.1) is 0 Å². The predicted octanol–water partition coefficient (Wildman–Crippen LogP) is 1.58. The molecule has 0 spiro atoms. The van der Waals surface area contributed by atoms with Crippen molar-refractivity contribution in [1.82, 2.24) is 0 Å². The van der Waals surface area contributed by atoms with Gasteiger partial charge in [0.15, 0.2) is 0 Å². The Bertz CT molecular complexity index is 358. The van der Waals surface area contributed by atoms with Gasteiger partial charge in [-0.05, 0) is 24.1 Å². The lowest BCUT2D eigenvalue weighted by molar-refractivity contribution is -0.111. The maximum Gasteiger partial charge on any atom is 0.247 e. The normalized spacial score (nSPS) is 9.57. The molecule has 3 nitrogen and oxygen atoms in total. The van der Waals surface area contributed by atoms with Crippen LogP contribution in [-0.2, 0) is 11.3 Å². The van der Waals surface area contributed by atoms with E-state index in [4.69, 9.17) is 5.73 Å². The fourth-order valence-corrected chi connectivity index (χ4v) is 1.25. The highest BCUT2D eigenvalue weighted by Crippen LogP contribution is 2.19. The number of carbonyl (C=O) groups excluding carboxylic acids is 1. The van der Waals surface area contributed by atoms with Gasteiger partial charge in [0.25, 0.3) is 0 Å². The molecule has 0 saturated carbocycles. The monoisotopic (exact) mass is 190 g/mol. The molecule has 3 heteroatoms. The van der Waals surface area contributed by atoms with Crippen molar-refractivity contribution in [2.75, 3.05) is 5.32 Å². The van der Waals surface area contributed by atoms with Gasteiger partial charge in [-0.2, -0.15) is 0 Å². The summed E-state index contributed by atoms with van der Waals surface area (Å²) in [4.78, 5) is 11.1. The lowest BCUT2D eigenvalue weighted by atomic mass is 10.1. The average Bonchev–Trinajstić information content (AvgIpc) is 2.20. The van der Waals surface area contributed by atoms with Gasteiger partial charge in [0, 0.05) is 12.2 Å². The fraction of sp³-hybridized carbons (Fsp3) is 0.182. The second-order valence-corrected chi connectivity index (χ2v) is 3.01. The molecule has 1 amide bonds. The highest BCUT2D eigenvalue weighted by Gasteiger charge is 2.05. The van der Waals surface area contributed by atoms with Gasteiger partial charge in [-0.15, -0.1) is 0 Å². The molecule has 0 fully saturated rings. The summed E-state index contributed by atoms with van der Waals surface area (Å²) in [6.07, 6.45) is 1.24. The maximum absolute atomic E-state index is 11.1. The minimum absolute atomic E-state index is 0.214. The van der Waals surface area contributed by atoms with Crippen molar-refractivity contribution in [2.45, 2.75) is 13.5 Å². The van der Waals surface area contributed by atoms with Crippen LogP contribution >= 0.6 is 0 Å². The minimum atomic E-state index is -0.214. The number of nitrogens with two attached hydrogens (primary N) is 1. The van der Waals surface area contributed by atoms with Gasteiger partial charge in [-0.1, -0.05) is 24.8 Å². The van der Waals surface area contributed by atoms with E-state index in [0.29, 0.717) is 6.54 Å². The van der Waals surface area contributed by atoms with Crippen LogP contribution in [0, 0.1) is 6.92 Å². The van der Waals surface area contributed by atoms with Crippen LogP contribution in [0.5, 0.6) is 0 Å². The molecule has 1 aromatic carbocycles. The molecule has 0 saturated heterocycles. The van der Waals surface area contributed by atoms with Crippen LogP contribution in [-0.4, -0.2) is 5.91 Å². The zero-order valence-electron chi connectivity index (χ0n) is 8.21. The SMILES string of the molecule is C=CC(=O)Nc1c(C)cccc1CN. The number of rotatable bonds is 3. The molecular formula is C11H14N2O. The van der Waals surface area contributed by atoms with E-state index >= 15 is 0 Å². The third kappa shape index (κ3) is 2.20. The van der Waals surface area contributed by atoms with E-state index in [-0.39, 0.29) is 5.91 Å². The molecule has 0 bridgehead atoms. The topological polar surface area (TPSA) is 55.1 Å². The molecule has 0 aromatic heterocycles. The summed E-state index contributed by atoms with van der Waals surface area (Å²) in [6, 6.07) is 5.74. The number of para-hydroxylation sites is 1. The summed E-state index contributed by atoms with van der Waals surface area (Å²) in [7, 11) is 0. The molecule has 0 unspecified atom stereocenters. The molecular weight excluding hydrogens is 176 g/mol. The first-order chi connectivity index (χ1) is 6.69. The Kier molecular flexibility index (Phi) is 3.42. The Morgan fingerprint density at radius 3 is 2.93 bits per heavy atom. The lowest BCUT2D eigenvalue weighted by Crippen LogP contribution is -2.12. The highest BCUT2D eigenvalue weighted by molar-refractivity contribution is 5.99. The van der Waals surface area contributed by atoms with E-state index in [9.17, 15) is 4.79 Å². The first-order valence-corrected chi connectivity index (χ1v) is 4.41. The standard InChI is InChI=1S/C11H14N2O/c1-3-10(14)13-11-8(2)5-4-6-9(11)7-12/h3-6H,1,7,12H2,2H3,(H,13,14). The van der Waals surface area contributed by atoms with Gasteiger partial charge in [-0.3, -0.25) is 4.79 Å². The van der Waals surface area contributed by atoms with E-state index in [1.165, 1.54) is 6.08 Å². The van der Waals surface area contributed by atoms with Crippen LogP contribution in [0.2, 0.25) is 0 Å². The van der Waals surface area contributed by atoms with Crippen molar-refractivity contribution in [1.29, 1.82) is 0 Å². The summed E-state index contributed by atoms with van der Waals surface area (Å²) in [5.74, 6) is -0.214. The highest BCUT2D eigenvalue weighted by atomic mass is 16.1. The summed E-state index contributed by atoms with van der Waals surface area (Å²) in [5, 5.41) is 2.74. The number of anilines is 1. The smallest absolute Gasteiger partial charge is 0.247 e. The molecule has 1 rings (SSSR count). The Morgan fingerprint density at radius 2 is 2.36 bits per heavy atom. The minimum Gasteiger partial charge on any atom is -0.326 e. The fourth-order valence-electron chi connectivity index (χ4n) is 1.25. The second-order valence-electron chi connectivity index (χ2n) is 3.01. The van der Waals surface area contributed by atoms with Crippen molar-refractivity contribution in [3.8, 4) is 0 Å². The summed E-state index contributed by atoms with van der Waals surface area (Å²) >= 11 is 0. The zero-order valence-corrected chi connectivity index (χ0v) is 8.21. The van der Waals surface area contributed by atoms with Gasteiger partial charge in [0.2, 0.25) is 5.91 Å².